The van der Waals surface area contributed by atoms with E-state index >= 15 is 0 Å². The Morgan fingerprint density at radius 3 is 2.18 bits per heavy atom. The molecule has 3 nitrogen and oxygen atoms in total. The molecule has 1 N–H and O–H groups in total. The van der Waals surface area contributed by atoms with E-state index in [-0.39, 0.29) is 0 Å². The number of carboxylic acids is 1. The van der Waals surface area contributed by atoms with Gasteiger partial charge in [0, 0.05) is 0 Å². The van der Waals surface area contributed by atoms with Crippen LogP contribution >= 0.6 is 0 Å². The van der Waals surface area contributed by atoms with Gasteiger partial charge in [0.1, 0.15) is 5.54 Å². The fraction of sp³-hybridized carbons (Fsp3) is 0.500. The monoisotopic (exact) mass is 235 g/mol. The molecule has 0 amide bonds. The Kier molecular flexibility index (Phi) is 4.29. The van der Waals surface area contributed by atoms with Crippen LogP contribution in [0.3, 0.4) is 0 Å². The average Bonchev–Trinajstić information content (AvgIpc) is 2.25. The average molecular weight is 235 g/mol. The molecule has 0 saturated carbocycles. The molecule has 0 saturated heterocycles. The van der Waals surface area contributed by atoms with Crippen molar-refractivity contribution < 1.29 is 9.90 Å². The summed E-state index contributed by atoms with van der Waals surface area (Å²) in [7, 11) is 3.65. The van der Waals surface area contributed by atoms with E-state index in [1.807, 2.05) is 58.3 Å². The Labute approximate surface area is 103 Å². The predicted molar refractivity (Wildman–Crippen MR) is 68.9 cm³/mol. The molecule has 0 aromatic heterocycles. The lowest BCUT2D eigenvalue weighted by molar-refractivity contribution is -0.152. The van der Waals surface area contributed by atoms with E-state index in [0.29, 0.717) is 12.3 Å². The van der Waals surface area contributed by atoms with Crippen molar-refractivity contribution in [1.29, 1.82) is 0 Å². The molecule has 1 aromatic carbocycles. The Bertz CT molecular complexity index is 373. The summed E-state index contributed by atoms with van der Waals surface area (Å²) < 4.78 is 0. The van der Waals surface area contributed by atoms with Gasteiger partial charge in [0.15, 0.2) is 0 Å². The first-order valence-corrected chi connectivity index (χ1v) is 5.87. The molecular weight excluding hydrogens is 214 g/mol. The maximum Gasteiger partial charge on any atom is 0.328 e. The largest absolute Gasteiger partial charge is 0.480 e. The predicted octanol–water partition coefficient (Wildman–Crippen LogP) is 2.57. The van der Waals surface area contributed by atoms with Crippen molar-refractivity contribution >= 4 is 5.97 Å². The lowest BCUT2D eigenvalue weighted by Gasteiger charge is -2.37. The van der Waals surface area contributed by atoms with Crippen molar-refractivity contribution in [3.05, 3.63) is 35.9 Å². The summed E-state index contributed by atoms with van der Waals surface area (Å²) in [5.74, 6) is -0.476. The zero-order valence-electron chi connectivity index (χ0n) is 11.0. The van der Waals surface area contributed by atoms with Crippen LogP contribution < -0.4 is 0 Å². The summed E-state index contributed by atoms with van der Waals surface area (Å²) >= 11 is 0. The summed E-state index contributed by atoms with van der Waals surface area (Å²) in [6.45, 7) is 4.09. The fourth-order valence-electron chi connectivity index (χ4n) is 2.27. The molecule has 0 bridgehead atoms. The van der Waals surface area contributed by atoms with Crippen molar-refractivity contribution in [2.75, 3.05) is 14.1 Å². The summed E-state index contributed by atoms with van der Waals surface area (Å²) in [4.78, 5) is 13.6. The van der Waals surface area contributed by atoms with Crippen molar-refractivity contribution in [2.24, 2.45) is 5.92 Å². The lowest BCUT2D eigenvalue weighted by Crippen LogP contribution is -2.49. The molecule has 1 aromatic rings. The van der Waals surface area contributed by atoms with Gasteiger partial charge in [-0.25, -0.2) is 4.79 Å². The van der Waals surface area contributed by atoms with E-state index in [2.05, 4.69) is 0 Å². The fourth-order valence-corrected chi connectivity index (χ4v) is 2.27. The van der Waals surface area contributed by atoms with Crippen molar-refractivity contribution in [3.8, 4) is 0 Å². The topological polar surface area (TPSA) is 40.5 Å². The van der Waals surface area contributed by atoms with E-state index in [9.17, 15) is 9.90 Å². The van der Waals surface area contributed by atoms with Gasteiger partial charge < -0.3 is 5.11 Å². The van der Waals surface area contributed by atoms with Crippen LogP contribution in [0.4, 0.5) is 0 Å². The van der Waals surface area contributed by atoms with E-state index in [1.165, 1.54) is 0 Å². The van der Waals surface area contributed by atoms with Crippen LogP contribution in [-0.2, 0) is 10.3 Å². The first-order chi connectivity index (χ1) is 7.91. The van der Waals surface area contributed by atoms with Gasteiger partial charge in [-0.1, -0.05) is 44.2 Å². The van der Waals surface area contributed by atoms with Crippen molar-refractivity contribution in [3.63, 3.8) is 0 Å². The minimum atomic E-state index is -0.935. The normalized spacial score (nSPS) is 14.9. The molecule has 1 atom stereocenters. The molecule has 0 spiro atoms. The number of hydrogen-bond donors (Lipinski definition) is 1. The number of aliphatic carboxylic acids is 1. The highest BCUT2D eigenvalue weighted by Gasteiger charge is 2.42. The molecule has 0 fully saturated rings. The minimum absolute atomic E-state index is 0.314. The first-order valence-electron chi connectivity index (χ1n) is 5.87. The molecule has 94 valence electrons. The van der Waals surface area contributed by atoms with Crippen LogP contribution in [0, 0.1) is 5.92 Å². The molecule has 1 unspecified atom stereocenters. The Balaban J connectivity index is 3.30. The van der Waals surface area contributed by atoms with Crippen molar-refractivity contribution in [2.45, 2.75) is 25.8 Å². The van der Waals surface area contributed by atoms with Crippen molar-refractivity contribution in [1.82, 2.24) is 4.90 Å². The third-order valence-corrected chi connectivity index (χ3v) is 3.07. The van der Waals surface area contributed by atoms with Gasteiger partial charge in [-0.05, 0) is 32.0 Å². The van der Waals surface area contributed by atoms with Crippen LogP contribution in [0.1, 0.15) is 25.8 Å². The second kappa shape index (κ2) is 5.32. The van der Waals surface area contributed by atoms with Crippen LogP contribution in [0.25, 0.3) is 0 Å². The smallest absolute Gasteiger partial charge is 0.328 e. The van der Waals surface area contributed by atoms with Gasteiger partial charge >= 0.3 is 5.97 Å². The number of rotatable bonds is 5. The van der Waals surface area contributed by atoms with Crippen LogP contribution in [0.5, 0.6) is 0 Å². The zero-order valence-corrected chi connectivity index (χ0v) is 11.0. The van der Waals surface area contributed by atoms with E-state index < -0.39 is 11.5 Å². The van der Waals surface area contributed by atoms with E-state index in [0.717, 1.165) is 5.56 Å². The van der Waals surface area contributed by atoms with Gasteiger partial charge in [-0.15, -0.1) is 0 Å². The highest BCUT2D eigenvalue weighted by Crippen LogP contribution is 2.33. The molecule has 3 heteroatoms. The molecule has 1 rings (SSSR count). The van der Waals surface area contributed by atoms with E-state index in [4.69, 9.17) is 0 Å². The number of nitrogens with zero attached hydrogens (tertiary/aromatic N) is 1. The van der Waals surface area contributed by atoms with Crippen LogP contribution in [0.15, 0.2) is 30.3 Å². The summed E-state index contributed by atoms with van der Waals surface area (Å²) in [5, 5.41) is 9.65. The lowest BCUT2D eigenvalue weighted by atomic mass is 9.81. The van der Waals surface area contributed by atoms with Crippen LogP contribution in [0.2, 0.25) is 0 Å². The number of benzene rings is 1. The second-order valence-electron chi connectivity index (χ2n) is 5.02. The highest BCUT2D eigenvalue weighted by molar-refractivity contribution is 5.80. The van der Waals surface area contributed by atoms with Crippen LogP contribution in [-0.4, -0.2) is 30.1 Å². The summed E-state index contributed by atoms with van der Waals surface area (Å²) in [6.07, 6.45) is 0.597. The maximum absolute atomic E-state index is 11.8. The number of carboxylic acid groups (broad SMARTS) is 1. The van der Waals surface area contributed by atoms with Gasteiger partial charge in [0.2, 0.25) is 0 Å². The molecule has 0 aliphatic rings. The Morgan fingerprint density at radius 1 is 1.29 bits per heavy atom. The Hall–Kier alpha value is -1.35. The second-order valence-corrected chi connectivity index (χ2v) is 5.02. The molecule has 0 radical (unpaired) electrons. The van der Waals surface area contributed by atoms with Gasteiger partial charge in [0.25, 0.3) is 0 Å². The van der Waals surface area contributed by atoms with Gasteiger partial charge in [-0.2, -0.15) is 0 Å². The third kappa shape index (κ3) is 2.67. The molecule has 17 heavy (non-hydrogen) atoms. The zero-order chi connectivity index (χ0) is 13.1. The maximum atomic E-state index is 11.8. The van der Waals surface area contributed by atoms with E-state index in [1.54, 1.807) is 4.90 Å². The number of likely N-dealkylation sites (N-methyl/N-ethyl adjacent to an activating group) is 1. The molecule has 0 aliphatic heterocycles. The molecular formula is C14H21NO2. The highest BCUT2D eigenvalue weighted by atomic mass is 16.4. The summed E-state index contributed by atoms with van der Waals surface area (Å²) in [6, 6.07) is 9.45. The summed E-state index contributed by atoms with van der Waals surface area (Å²) in [5.41, 5.74) is -0.0960. The minimum Gasteiger partial charge on any atom is -0.480 e. The quantitative estimate of drug-likeness (QED) is 0.852. The molecule has 0 heterocycles. The number of carbonyl (C=O) groups is 1. The first kappa shape index (κ1) is 13.7. The third-order valence-electron chi connectivity index (χ3n) is 3.07. The van der Waals surface area contributed by atoms with Gasteiger partial charge in [0.05, 0.1) is 0 Å². The molecule has 0 aliphatic carbocycles. The van der Waals surface area contributed by atoms with Gasteiger partial charge in [-0.3, -0.25) is 4.90 Å². The SMILES string of the molecule is CC(C)CC(C(=O)O)(c1ccccc1)N(C)C. The Morgan fingerprint density at radius 2 is 1.82 bits per heavy atom. The number of hydrogen-bond acceptors (Lipinski definition) is 2. The standard InChI is InChI=1S/C14H21NO2/c1-11(2)10-14(13(16)17,15(3)4)12-8-6-5-7-9-12/h5-9,11H,10H2,1-4H3,(H,16,17).